The summed E-state index contributed by atoms with van der Waals surface area (Å²) in [5.74, 6) is -0.0312. The molecule has 3 aromatic rings. The molecule has 0 spiro atoms. The number of carbonyl (C=O) groups excluding carboxylic acids is 1. The molecule has 0 saturated carbocycles. The highest BCUT2D eigenvalue weighted by atomic mass is 32.1. The van der Waals surface area contributed by atoms with E-state index in [0.29, 0.717) is 0 Å². The van der Waals surface area contributed by atoms with Crippen LogP contribution in [0.4, 0.5) is 0 Å². The van der Waals surface area contributed by atoms with Crippen LogP contribution in [0.3, 0.4) is 0 Å². The van der Waals surface area contributed by atoms with E-state index in [-0.39, 0.29) is 11.9 Å². The molecule has 1 atom stereocenters. The standard InChI is InChI=1S/C17H19N3OS/c1-10-7-5-6-8-13(10)11(2)18-16(21)15-9-14-12(3)19-20(4)17(14)22-15/h5-9,11H,1-4H3,(H,18,21). The lowest BCUT2D eigenvalue weighted by Gasteiger charge is -2.15. The molecule has 114 valence electrons. The first-order chi connectivity index (χ1) is 10.5. The van der Waals surface area contributed by atoms with Crippen molar-refractivity contribution in [2.45, 2.75) is 26.8 Å². The van der Waals surface area contributed by atoms with Crippen LogP contribution < -0.4 is 5.32 Å². The van der Waals surface area contributed by atoms with Gasteiger partial charge in [-0.3, -0.25) is 9.48 Å². The maximum Gasteiger partial charge on any atom is 0.261 e. The molecule has 0 bridgehead atoms. The normalized spacial score (nSPS) is 12.5. The number of hydrogen-bond acceptors (Lipinski definition) is 3. The number of carbonyl (C=O) groups is 1. The van der Waals surface area contributed by atoms with Gasteiger partial charge in [0.05, 0.1) is 16.6 Å². The molecular weight excluding hydrogens is 294 g/mol. The highest BCUT2D eigenvalue weighted by Crippen LogP contribution is 2.28. The molecule has 1 N–H and O–H groups in total. The first kappa shape index (κ1) is 14.8. The quantitative estimate of drug-likeness (QED) is 0.800. The van der Waals surface area contributed by atoms with E-state index in [4.69, 9.17) is 0 Å². The molecule has 0 fully saturated rings. The number of nitrogens with zero attached hydrogens (tertiary/aromatic N) is 2. The summed E-state index contributed by atoms with van der Waals surface area (Å²) in [6.07, 6.45) is 0. The van der Waals surface area contributed by atoms with Gasteiger partial charge < -0.3 is 5.32 Å². The van der Waals surface area contributed by atoms with Crippen molar-refractivity contribution in [1.82, 2.24) is 15.1 Å². The molecule has 1 aromatic carbocycles. The smallest absolute Gasteiger partial charge is 0.261 e. The highest BCUT2D eigenvalue weighted by molar-refractivity contribution is 7.20. The monoisotopic (exact) mass is 313 g/mol. The van der Waals surface area contributed by atoms with Crippen LogP contribution in [0.2, 0.25) is 0 Å². The van der Waals surface area contributed by atoms with E-state index in [1.807, 2.05) is 43.8 Å². The lowest BCUT2D eigenvalue weighted by Crippen LogP contribution is -2.26. The summed E-state index contributed by atoms with van der Waals surface area (Å²) in [6, 6.07) is 10.0. The molecule has 3 rings (SSSR count). The fourth-order valence-electron chi connectivity index (χ4n) is 2.74. The first-order valence-electron chi connectivity index (χ1n) is 7.27. The molecule has 0 aliphatic heterocycles. The van der Waals surface area contributed by atoms with Gasteiger partial charge >= 0.3 is 0 Å². The predicted octanol–water partition coefficient (Wildman–Crippen LogP) is 3.74. The first-order valence-corrected chi connectivity index (χ1v) is 8.08. The van der Waals surface area contributed by atoms with Crippen LogP contribution in [0.1, 0.15) is 39.5 Å². The van der Waals surface area contributed by atoms with Crippen LogP contribution in [0, 0.1) is 13.8 Å². The number of aromatic nitrogens is 2. The molecule has 2 aromatic heterocycles. The predicted molar refractivity (Wildman–Crippen MR) is 90.4 cm³/mol. The van der Waals surface area contributed by atoms with Crippen LogP contribution >= 0.6 is 11.3 Å². The molecule has 5 heteroatoms. The maximum absolute atomic E-state index is 12.5. The molecule has 4 nitrogen and oxygen atoms in total. The molecule has 0 aliphatic carbocycles. The van der Waals surface area contributed by atoms with Crippen molar-refractivity contribution in [2.24, 2.45) is 7.05 Å². The van der Waals surface area contributed by atoms with Gasteiger partial charge in [-0.2, -0.15) is 5.10 Å². The van der Waals surface area contributed by atoms with Crippen LogP contribution in [-0.4, -0.2) is 15.7 Å². The Morgan fingerprint density at radius 2 is 2.05 bits per heavy atom. The zero-order valence-corrected chi connectivity index (χ0v) is 14.0. The molecule has 0 saturated heterocycles. The molecule has 0 radical (unpaired) electrons. The minimum atomic E-state index is -0.0312. The Bertz CT molecular complexity index is 812. The molecule has 22 heavy (non-hydrogen) atoms. The van der Waals surface area contributed by atoms with Gasteiger partial charge in [-0.15, -0.1) is 11.3 Å². The fraction of sp³-hybridized carbons (Fsp3) is 0.294. The van der Waals surface area contributed by atoms with E-state index in [2.05, 4.69) is 29.5 Å². The summed E-state index contributed by atoms with van der Waals surface area (Å²) in [7, 11) is 1.91. The van der Waals surface area contributed by atoms with Gasteiger partial charge in [0.1, 0.15) is 4.83 Å². The molecule has 1 unspecified atom stereocenters. The summed E-state index contributed by atoms with van der Waals surface area (Å²) in [5, 5.41) is 8.51. The maximum atomic E-state index is 12.5. The average Bonchev–Trinajstić information content (AvgIpc) is 3.02. The third-order valence-electron chi connectivity index (χ3n) is 3.92. The van der Waals surface area contributed by atoms with Crippen molar-refractivity contribution in [2.75, 3.05) is 0 Å². The Morgan fingerprint density at radius 3 is 2.73 bits per heavy atom. The third kappa shape index (κ3) is 2.52. The van der Waals surface area contributed by atoms with Gasteiger partial charge in [-0.05, 0) is 38.0 Å². The van der Waals surface area contributed by atoms with E-state index < -0.39 is 0 Å². The number of thiophene rings is 1. The Kier molecular flexibility index (Phi) is 3.74. The van der Waals surface area contributed by atoms with Crippen molar-refractivity contribution in [1.29, 1.82) is 0 Å². The summed E-state index contributed by atoms with van der Waals surface area (Å²) in [5.41, 5.74) is 3.29. The van der Waals surface area contributed by atoms with Crippen molar-refractivity contribution in [3.8, 4) is 0 Å². The second-order valence-electron chi connectivity index (χ2n) is 5.59. The molecule has 1 amide bonds. The summed E-state index contributed by atoms with van der Waals surface area (Å²) >= 11 is 1.48. The largest absolute Gasteiger partial charge is 0.345 e. The van der Waals surface area contributed by atoms with Crippen LogP contribution in [0.25, 0.3) is 10.2 Å². The van der Waals surface area contributed by atoms with Crippen LogP contribution in [0.15, 0.2) is 30.3 Å². The number of rotatable bonds is 3. The number of nitrogens with one attached hydrogen (secondary N) is 1. The number of hydrogen-bond donors (Lipinski definition) is 1. The number of aryl methyl sites for hydroxylation is 3. The fourth-order valence-corrected chi connectivity index (χ4v) is 3.76. The minimum absolute atomic E-state index is 0.0156. The van der Waals surface area contributed by atoms with Gasteiger partial charge in [0.15, 0.2) is 0 Å². The van der Waals surface area contributed by atoms with E-state index in [1.165, 1.54) is 16.9 Å². The van der Waals surface area contributed by atoms with Gasteiger partial charge in [-0.1, -0.05) is 24.3 Å². The number of fused-ring (bicyclic) bond motifs is 1. The van der Waals surface area contributed by atoms with Gasteiger partial charge in [0, 0.05) is 12.4 Å². The van der Waals surface area contributed by atoms with Crippen molar-refractivity contribution >= 4 is 27.5 Å². The van der Waals surface area contributed by atoms with Crippen molar-refractivity contribution < 1.29 is 4.79 Å². The van der Waals surface area contributed by atoms with Gasteiger partial charge in [-0.25, -0.2) is 0 Å². The average molecular weight is 313 g/mol. The zero-order chi connectivity index (χ0) is 15.9. The van der Waals surface area contributed by atoms with Gasteiger partial charge in [0.2, 0.25) is 0 Å². The molecule has 0 aliphatic rings. The Hall–Kier alpha value is -2.14. The minimum Gasteiger partial charge on any atom is -0.345 e. The lowest BCUT2D eigenvalue weighted by atomic mass is 10.0. The zero-order valence-electron chi connectivity index (χ0n) is 13.2. The van der Waals surface area contributed by atoms with E-state index in [9.17, 15) is 4.79 Å². The molecule has 2 heterocycles. The molecular formula is C17H19N3OS. The second kappa shape index (κ2) is 5.57. The SMILES string of the molecule is Cc1ccccc1C(C)NC(=O)c1cc2c(C)nn(C)c2s1. The third-order valence-corrected chi connectivity index (χ3v) is 5.12. The summed E-state index contributed by atoms with van der Waals surface area (Å²) in [6.45, 7) is 6.04. The second-order valence-corrected chi connectivity index (χ2v) is 6.62. The lowest BCUT2D eigenvalue weighted by molar-refractivity contribution is 0.0944. The Labute approximate surface area is 133 Å². The van der Waals surface area contributed by atoms with Crippen LogP contribution in [-0.2, 0) is 7.05 Å². The highest BCUT2D eigenvalue weighted by Gasteiger charge is 2.17. The summed E-state index contributed by atoms with van der Waals surface area (Å²) < 4.78 is 1.83. The summed E-state index contributed by atoms with van der Waals surface area (Å²) in [4.78, 5) is 14.3. The Morgan fingerprint density at radius 1 is 1.32 bits per heavy atom. The number of benzene rings is 1. The topological polar surface area (TPSA) is 46.9 Å². The Balaban J connectivity index is 1.84. The van der Waals surface area contributed by atoms with Gasteiger partial charge in [0.25, 0.3) is 5.91 Å². The van der Waals surface area contributed by atoms with Crippen LogP contribution in [0.5, 0.6) is 0 Å². The van der Waals surface area contributed by atoms with E-state index in [1.54, 1.807) is 0 Å². The van der Waals surface area contributed by atoms with Crippen molar-refractivity contribution in [3.05, 3.63) is 52.0 Å². The number of amides is 1. The van der Waals surface area contributed by atoms with E-state index >= 15 is 0 Å². The van der Waals surface area contributed by atoms with E-state index in [0.717, 1.165) is 26.4 Å². The van der Waals surface area contributed by atoms with Crippen molar-refractivity contribution in [3.63, 3.8) is 0 Å².